The Morgan fingerprint density at radius 2 is 2.04 bits per heavy atom. The molecule has 1 N–H and O–H groups in total. The molecule has 0 spiro atoms. The van der Waals surface area contributed by atoms with Crippen molar-refractivity contribution in [3.8, 4) is 11.5 Å². The maximum absolute atomic E-state index is 12.3. The fraction of sp³-hybridized carbons (Fsp3) is 0.294. The van der Waals surface area contributed by atoms with Crippen LogP contribution in [0.5, 0.6) is 11.5 Å². The Hall–Kier alpha value is -2.76. The Labute approximate surface area is 133 Å². The van der Waals surface area contributed by atoms with Crippen LogP contribution in [0.1, 0.15) is 13.3 Å². The summed E-state index contributed by atoms with van der Waals surface area (Å²) in [6.45, 7) is 2.75. The number of hydrogen-bond acceptors (Lipinski definition) is 4. The lowest BCUT2D eigenvalue weighted by Crippen LogP contribution is -2.40. The van der Waals surface area contributed by atoms with Crippen molar-refractivity contribution >= 4 is 11.6 Å². The molecule has 3 rings (SSSR count). The van der Waals surface area contributed by atoms with E-state index in [0.29, 0.717) is 23.7 Å². The van der Waals surface area contributed by atoms with Crippen LogP contribution in [-0.2, 0) is 11.3 Å². The molecule has 2 heterocycles. The molecule has 1 aliphatic rings. The Morgan fingerprint density at radius 3 is 2.83 bits per heavy atom. The predicted octanol–water partition coefficient (Wildman–Crippen LogP) is 2.04. The van der Waals surface area contributed by atoms with E-state index in [2.05, 4.69) is 5.32 Å². The summed E-state index contributed by atoms with van der Waals surface area (Å²) in [6.07, 6.45) is 1.76. The third kappa shape index (κ3) is 3.36. The van der Waals surface area contributed by atoms with Crippen molar-refractivity contribution in [1.29, 1.82) is 0 Å². The fourth-order valence-electron chi connectivity index (χ4n) is 2.39. The first-order valence-electron chi connectivity index (χ1n) is 7.57. The number of rotatable bonds is 4. The molecule has 0 saturated heterocycles. The molecule has 1 amide bonds. The highest BCUT2D eigenvalue weighted by molar-refractivity contribution is 5.94. The van der Waals surface area contributed by atoms with Gasteiger partial charge in [-0.25, -0.2) is 0 Å². The van der Waals surface area contributed by atoms with Gasteiger partial charge in [0.2, 0.25) is 6.10 Å². The van der Waals surface area contributed by atoms with Gasteiger partial charge in [0.1, 0.15) is 6.61 Å². The van der Waals surface area contributed by atoms with E-state index in [1.165, 1.54) is 6.07 Å². The Morgan fingerprint density at radius 1 is 1.26 bits per heavy atom. The van der Waals surface area contributed by atoms with E-state index in [-0.39, 0.29) is 18.1 Å². The van der Waals surface area contributed by atoms with E-state index >= 15 is 0 Å². The van der Waals surface area contributed by atoms with Crippen molar-refractivity contribution in [2.75, 3.05) is 11.9 Å². The number of pyridine rings is 1. The SMILES string of the molecule is CCCn1cc(NC(=O)[C@H]2COc3ccccc3O2)ccc1=O. The van der Waals surface area contributed by atoms with E-state index in [1.807, 2.05) is 19.1 Å². The zero-order valence-electron chi connectivity index (χ0n) is 12.8. The van der Waals surface area contributed by atoms with Crippen molar-refractivity contribution in [3.05, 3.63) is 52.9 Å². The number of anilines is 1. The molecule has 0 fully saturated rings. The Kier molecular flexibility index (Phi) is 4.32. The molecule has 0 aliphatic carbocycles. The second-order valence-corrected chi connectivity index (χ2v) is 5.30. The van der Waals surface area contributed by atoms with Crippen LogP contribution in [0.3, 0.4) is 0 Å². The van der Waals surface area contributed by atoms with Crippen LogP contribution in [-0.4, -0.2) is 23.2 Å². The number of aryl methyl sites for hydroxylation is 1. The Balaban J connectivity index is 1.70. The number of fused-ring (bicyclic) bond motifs is 1. The maximum Gasteiger partial charge on any atom is 0.269 e. The molecule has 0 unspecified atom stereocenters. The number of ether oxygens (including phenoxy) is 2. The van der Waals surface area contributed by atoms with Crippen molar-refractivity contribution in [1.82, 2.24) is 4.57 Å². The van der Waals surface area contributed by atoms with Crippen molar-refractivity contribution in [2.45, 2.75) is 26.0 Å². The first-order valence-corrected chi connectivity index (χ1v) is 7.57. The lowest BCUT2D eigenvalue weighted by molar-refractivity contribution is -0.125. The third-order valence-electron chi connectivity index (χ3n) is 3.52. The predicted molar refractivity (Wildman–Crippen MR) is 86.0 cm³/mol. The van der Waals surface area contributed by atoms with Gasteiger partial charge in [0.15, 0.2) is 11.5 Å². The van der Waals surface area contributed by atoms with Gasteiger partial charge in [0.25, 0.3) is 11.5 Å². The summed E-state index contributed by atoms with van der Waals surface area (Å²) in [5, 5.41) is 2.76. The molecule has 1 aromatic carbocycles. The number of benzene rings is 1. The second kappa shape index (κ2) is 6.56. The Bertz CT molecular complexity index is 769. The molecule has 0 saturated carbocycles. The van der Waals surface area contributed by atoms with Crippen LogP contribution >= 0.6 is 0 Å². The van der Waals surface area contributed by atoms with E-state index in [9.17, 15) is 9.59 Å². The van der Waals surface area contributed by atoms with Gasteiger partial charge in [-0.3, -0.25) is 9.59 Å². The minimum atomic E-state index is -0.726. The maximum atomic E-state index is 12.3. The molecular weight excluding hydrogens is 296 g/mol. The smallest absolute Gasteiger partial charge is 0.269 e. The first kappa shape index (κ1) is 15.1. The summed E-state index contributed by atoms with van der Waals surface area (Å²) in [6, 6.07) is 10.3. The number of carbonyl (C=O) groups excluding carboxylic acids is 1. The molecule has 6 nitrogen and oxygen atoms in total. The molecule has 1 aromatic heterocycles. The first-order chi connectivity index (χ1) is 11.2. The van der Waals surface area contributed by atoms with Crippen molar-refractivity contribution in [3.63, 3.8) is 0 Å². The summed E-state index contributed by atoms with van der Waals surface area (Å²) < 4.78 is 12.8. The van der Waals surface area contributed by atoms with Crippen molar-refractivity contribution < 1.29 is 14.3 Å². The zero-order chi connectivity index (χ0) is 16.2. The summed E-state index contributed by atoms with van der Waals surface area (Å²) in [7, 11) is 0. The molecule has 1 aliphatic heterocycles. The number of nitrogens with one attached hydrogen (secondary N) is 1. The molecule has 6 heteroatoms. The second-order valence-electron chi connectivity index (χ2n) is 5.30. The van der Waals surface area contributed by atoms with E-state index in [1.54, 1.807) is 29.0 Å². The summed E-state index contributed by atoms with van der Waals surface area (Å²) in [4.78, 5) is 24.0. The van der Waals surface area contributed by atoms with Gasteiger partial charge in [-0.15, -0.1) is 0 Å². The number of nitrogens with zero attached hydrogens (tertiary/aromatic N) is 1. The normalized spacial score (nSPS) is 16.0. The van der Waals surface area contributed by atoms with Gasteiger partial charge >= 0.3 is 0 Å². The van der Waals surface area contributed by atoms with Crippen LogP contribution in [0.4, 0.5) is 5.69 Å². The van der Waals surface area contributed by atoms with Gasteiger partial charge in [-0.2, -0.15) is 0 Å². The highest BCUT2D eigenvalue weighted by Crippen LogP contribution is 2.31. The molecule has 2 aromatic rings. The van der Waals surface area contributed by atoms with Crippen LogP contribution < -0.4 is 20.3 Å². The van der Waals surface area contributed by atoms with Crippen molar-refractivity contribution in [2.24, 2.45) is 0 Å². The fourth-order valence-corrected chi connectivity index (χ4v) is 2.39. The number of carbonyl (C=O) groups is 1. The third-order valence-corrected chi connectivity index (χ3v) is 3.52. The lowest BCUT2D eigenvalue weighted by atomic mass is 10.2. The van der Waals surface area contributed by atoms with Crippen LogP contribution in [0, 0.1) is 0 Å². The van der Waals surface area contributed by atoms with Crippen LogP contribution in [0.25, 0.3) is 0 Å². The van der Waals surface area contributed by atoms with E-state index in [4.69, 9.17) is 9.47 Å². The van der Waals surface area contributed by atoms with Gasteiger partial charge in [-0.05, 0) is 24.6 Å². The van der Waals surface area contributed by atoms with E-state index in [0.717, 1.165) is 6.42 Å². The van der Waals surface area contributed by atoms with Gasteiger partial charge in [-0.1, -0.05) is 19.1 Å². The quantitative estimate of drug-likeness (QED) is 0.937. The average Bonchev–Trinajstić information content (AvgIpc) is 2.57. The topological polar surface area (TPSA) is 69.6 Å². The lowest BCUT2D eigenvalue weighted by Gasteiger charge is -2.25. The standard InChI is InChI=1S/C17H18N2O4/c1-2-9-19-10-12(7-8-16(19)20)18-17(21)15-11-22-13-5-3-4-6-14(13)23-15/h3-8,10,15H,2,9,11H2,1H3,(H,18,21)/t15-/m1/s1. The van der Waals surface area contributed by atoms with Crippen LogP contribution in [0.2, 0.25) is 0 Å². The number of amides is 1. The zero-order valence-corrected chi connectivity index (χ0v) is 12.8. The highest BCUT2D eigenvalue weighted by atomic mass is 16.6. The molecule has 1 atom stereocenters. The minimum absolute atomic E-state index is 0.0870. The van der Waals surface area contributed by atoms with Crippen LogP contribution in [0.15, 0.2) is 47.4 Å². The minimum Gasteiger partial charge on any atom is -0.485 e. The monoisotopic (exact) mass is 314 g/mol. The molecule has 120 valence electrons. The molecule has 0 bridgehead atoms. The number of hydrogen-bond donors (Lipinski definition) is 1. The number of para-hydroxylation sites is 2. The summed E-state index contributed by atoms with van der Waals surface area (Å²) >= 11 is 0. The molecule has 23 heavy (non-hydrogen) atoms. The summed E-state index contributed by atoms with van der Waals surface area (Å²) in [5.41, 5.74) is 0.474. The van der Waals surface area contributed by atoms with Gasteiger partial charge in [0.05, 0.1) is 5.69 Å². The molecule has 0 radical (unpaired) electrons. The van der Waals surface area contributed by atoms with Gasteiger partial charge < -0.3 is 19.4 Å². The average molecular weight is 314 g/mol. The van der Waals surface area contributed by atoms with E-state index < -0.39 is 6.10 Å². The highest BCUT2D eigenvalue weighted by Gasteiger charge is 2.27. The largest absolute Gasteiger partial charge is 0.485 e. The van der Waals surface area contributed by atoms with Gasteiger partial charge in [0, 0.05) is 18.8 Å². The number of aromatic nitrogens is 1. The summed E-state index contributed by atoms with van der Waals surface area (Å²) in [5.74, 6) is 0.879. The molecular formula is C17H18N2O4.